The summed E-state index contributed by atoms with van der Waals surface area (Å²) in [5.74, 6) is -0.175. The minimum absolute atomic E-state index is 0.168. The Balaban J connectivity index is 3.81. The molecule has 0 heterocycles. The quantitative estimate of drug-likeness (QED) is 0.516. The van der Waals surface area contributed by atoms with Gasteiger partial charge in [0.2, 0.25) is 0 Å². The summed E-state index contributed by atoms with van der Waals surface area (Å²) in [5.41, 5.74) is 0. The highest BCUT2D eigenvalue weighted by Crippen LogP contribution is 2.05. The third-order valence-corrected chi connectivity index (χ3v) is 2.64. The highest BCUT2D eigenvalue weighted by Gasteiger charge is 2.09. The van der Waals surface area contributed by atoms with Crippen molar-refractivity contribution in [2.45, 2.75) is 18.9 Å². The smallest absolute Gasteiger partial charge is 0.264 e. The topological polar surface area (TPSA) is 57.6 Å². The van der Waals surface area contributed by atoms with Crippen LogP contribution >= 0.6 is 0 Å². The second-order valence-electron chi connectivity index (χ2n) is 3.19. The van der Waals surface area contributed by atoms with Gasteiger partial charge in [-0.3, -0.25) is 4.55 Å². The summed E-state index contributed by atoms with van der Waals surface area (Å²) in [6, 6.07) is 0.168. The minimum Gasteiger partial charge on any atom is -0.303 e. The second-order valence-corrected chi connectivity index (χ2v) is 4.77. The monoisotopic (exact) mass is 207 g/mol. The van der Waals surface area contributed by atoms with E-state index in [9.17, 15) is 8.42 Å². The Morgan fingerprint density at radius 2 is 2.08 bits per heavy atom. The zero-order valence-corrected chi connectivity index (χ0v) is 8.92. The summed E-state index contributed by atoms with van der Waals surface area (Å²) in [7, 11) is -0.00138. The molecule has 0 fully saturated rings. The molecule has 0 aromatic heterocycles. The van der Waals surface area contributed by atoms with Gasteiger partial charge in [-0.05, 0) is 26.9 Å². The summed E-state index contributed by atoms with van der Waals surface area (Å²) in [5, 5.41) is 0. The van der Waals surface area contributed by atoms with Crippen molar-refractivity contribution in [1.29, 1.82) is 0 Å². The zero-order chi connectivity index (χ0) is 10.5. The maximum Gasteiger partial charge on any atom is 0.264 e. The number of nitrogens with zero attached hydrogens (tertiary/aromatic N) is 1. The van der Waals surface area contributed by atoms with Crippen molar-refractivity contribution >= 4 is 10.1 Å². The minimum atomic E-state index is -3.81. The molecule has 0 radical (unpaired) electrons. The molecule has 0 bridgehead atoms. The van der Waals surface area contributed by atoms with E-state index in [1.165, 1.54) is 0 Å². The average Bonchev–Trinajstić information content (AvgIpc) is 1.95. The lowest BCUT2D eigenvalue weighted by Crippen LogP contribution is -2.26. The Labute approximate surface area is 80.0 Å². The first-order valence-electron chi connectivity index (χ1n) is 4.11. The molecule has 1 atom stereocenters. The van der Waals surface area contributed by atoms with E-state index in [1.807, 2.05) is 19.0 Å². The predicted molar refractivity (Wildman–Crippen MR) is 53.3 cm³/mol. The molecule has 0 aliphatic rings. The number of rotatable bonds is 6. The summed E-state index contributed by atoms with van der Waals surface area (Å²) in [6.45, 7) is 3.64. The van der Waals surface area contributed by atoms with Crippen molar-refractivity contribution in [3.63, 3.8) is 0 Å². The summed E-state index contributed by atoms with van der Waals surface area (Å²) < 4.78 is 29.2. The lowest BCUT2D eigenvalue weighted by Gasteiger charge is -2.19. The Bertz CT molecular complexity index is 246. The van der Waals surface area contributed by atoms with Crippen LogP contribution in [-0.2, 0) is 10.1 Å². The van der Waals surface area contributed by atoms with E-state index in [0.29, 0.717) is 12.8 Å². The molecular weight excluding hydrogens is 190 g/mol. The number of hydrogen-bond acceptors (Lipinski definition) is 3. The fourth-order valence-electron chi connectivity index (χ4n) is 1.06. The van der Waals surface area contributed by atoms with Crippen LogP contribution in [0.25, 0.3) is 0 Å². The van der Waals surface area contributed by atoms with Crippen LogP contribution in [0.2, 0.25) is 0 Å². The van der Waals surface area contributed by atoms with Crippen molar-refractivity contribution in [2.75, 3.05) is 19.8 Å². The standard InChI is InChI=1S/C8H17NO3S/c1-4-8(9(2)3)6-5-7-13(10,11)12/h4,8H,1,5-7H2,2-3H3,(H,10,11,12). The number of likely N-dealkylation sites (N-methyl/N-ethyl adjacent to an activating group) is 1. The molecule has 0 amide bonds. The van der Waals surface area contributed by atoms with Crippen molar-refractivity contribution in [1.82, 2.24) is 4.90 Å². The maximum absolute atomic E-state index is 10.4. The summed E-state index contributed by atoms with van der Waals surface area (Å²) >= 11 is 0. The Kier molecular flexibility index (Phi) is 5.20. The zero-order valence-electron chi connectivity index (χ0n) is 8.10. The predicted octanol–water partition coefficient (Wildman–Crippen LogP) is 0.771. The summed E-state index contributed by atoms with van der Waals surface area (Å²) in [6.07, 6.45) is 2.91. The van der Waals surface area contributed by atoms with Gasteiger partial charge in [-0.2, -0.15) is 8.42 Å². The molecule has 13 heavy (non-hydrogen) atoms. The third-order valence-electron chi connectivity index (χ3n) is 1.84. The molecule has 0 saturated carbocycles. The molecule has 78 valence electrons. The highest BCUT2D eigenvalue weighted by molar-refractivity contribution is 7.85. The average molecular weight is 207 g/mol. The second kappa shape index (κ2) is 5.36. The van der Waals surface area contributed by atoms with E-state index < -0.39 is 10.1 Å². The van der Waals surface area contributed by atoms with Gasteiger partial charge in [0, 0.05) is 6.04 Å². The molecule has 1 unspecified atom stereocenters. The van der Waals surface area contributed by atoms with Gasteiger partial charge in [0.25, 0.3) is 10.1 Å². The van der Waals surface area contributed by atoms with Gasteiger partial charge in [-0.1, -0.05) is 6.08 Å². The first-order chi connectivity index (χ1) is 5.87. The molecule has 0 aromatic carbocycles. The van der Waals surface area contributed by atoms with Gasteiger partial charge in [0.05, 0.1) is 5.75 Å². The lowest BCUT2D eigenvalue weighted by atomic mass is 10.1. The van der Waals surface area contributed by atoms with E-state index in [2.05, 4.69) is 6.58 Å². The van der Waals surface area contributed by atoms with Crippen LogP contribution < -0.4 is 0 Å². The van der Waals surface area contributed by atoms with Gasteiger partial charge in [0.15, 0.2) is 0 Å². The van der Waals surface area contributed by atoms with Crippen LogP contribution in [0.4, 0.5) is 0 Å². The third kappa shape index (κ3) is 6.74. The SMILES string of the molecule is C=CC(CCCS(=O)(=O)O)N(C)C. The molecule has 5 heteroatoms. The van der Waals surface area contributed by atoms with E-state index in [4.69, 9.17) is 4.55 Å². The van der Waals surface area contributed by atoms with Gasteiger partial charge in [0.1, 0.15) is 0 Å². The Hall–Kier alpha value is -0.390. The first-order valence-corrected chi connectivity index (χ1v) is 5.72. The van der Waals surface area contributed by atoms with Gasteiger partial charge in [-0.25, -0.2) is 0 Å². The first kappa shape index (κ1) is 12.6. The molecular formula is C8H17NO3S. The van der Waals surface area contributed by atoms with Crippen LogP contribution in [0.3, 0.4) is 0 Å². The van der Waals surface area contributed by atoms with Crippen LogP contribution in [-0.4, -0.2) is 43.8 Å². The van der Waals surface area contributed by atoms with Crippen molar-refractivity contribution in [3.05, 3.63) is 12.7 Å². The van der Waals surface area contributed by atoms with Gasteiger partial charge in [-0.15, -0.1) is 6.58 Å². The molecule has 0 rings (SSSR count). The molecule has 4 nitrogen and oxygen atoms in total. The Morgan fingerprint density at radius 1 is 1.54 bits per heavy atom. The summed E-state index contributed by atoms with van der Waals surface area (Å²) in [4.78, 5) is 1.96. The Morgan fingerprint density at radius 3 is 2.38 bits per heavy atom. The lowest BCUT2D eigenvalue weighted by molar-refractivity contribution is 0.326. The highest BCUT2D eigenvalue weighted by atomic mass is 32.2. The van der Waals surface area contributed by atoms with Crippen molar-refractivity contribution in [2.24, 2.45) is 0 Å². The van der Waals surface area contributed by atoms with Crippen molar-refractivity contribution < 1.29 is 13.0 Å². The number of hydrogen-bond donors (Lipinski definition) is 1. The molecule has 0 aliphatic heterocycles. The van der Waals surface area contributed by atoms with E-state index in [-0.39, 0.29) is 11.8 Å². The fraction of sp³-hybridized carbons (Fsp3) is 0.750. The molecule has 0 saturated heterocycles. The van der Waals surface area contributed by atoms with Crippen LogP contribution in [0.1, 0.15) is 12.8 Å². The van der Waals surface area contributed by atoms with Crippen molar-refractivity contribution in [3.8, 4) is 0 Å². The molecule has 1 N–H and O–H groups in total. The maximum atomic E-state index is 10.4. The van der Waals surface area contributed by atoms with E-state index in [1.54, 1.807) is 6.08 Å². The fourth-order valence-corrected chi connectivity index (χ4v) is 1.59. The molecule has 0 spiro atoms. The molecule has 0 aliphatic carbocycles. The largest absolute Gasteiger partial charge is 0.303 e. The van der Waals surface area contributed by atoms with Crippen LogP contribution in [0.5, 0.6) is 0 Å². The van der Waals surface area contributed by atoms with Crippen LogP contribution in [0, 0.1) is 0 Å². The van der Waals surface area contributed by atoms with Gasteiger partial charge >= 0.3 is 0 Å². The normalized spacial score (nSPS) is 14.5. The van der Waals surface area contributed by atoms with Crippen LogP contribution in [0.15, 0.2) is 12.7 Å². The molecule has 0 aromatic rings. The van der Waals surface area contributed by atoms with Gasteiger partial charge < -0.3 is 4.90 Å². The van der Waals surface area contributed by atoms with E-state index in [0.717, 1.165) is 0 Å². The van der Waals surface area contributed by atoms with E-state index >= 15 is 0 Å².